The average Bonchev–Trinajstić information content (AvgIpc) is 3.40. The van der Waals surface area contributed by atoms with Gasteiger partial charge in [-0.15, -0.1) is 11.3 Å². The van der Waals surface area contributed by atoms with E-state index in [0.29, 0.717) is 25.2 Å². The van der Waals surface area contributed by atoms with Gasteiger partial charge in [0.15, 0.2) is 5.65 Å². The number of β-amino-alcohol motifs (C(OH)–C–C–N with tert-alkyl or cyclic N) is 1. The van der Waals surface area contributed by atoms with E-state index < -0.39 is 0 Å². The van der Waals surface area contributed by atoms with Crippen LogP contribution in [0, 0.1) is 11.7 Å². The lowest BCUT2D eigenvalue weighted by Gasteiger charge is -2.28. The molecule has 4 heterocycles. The molecule has 10 heteroatoms. The summed E-state index contributed by atoms with van der Waals surface area (Å²) in [6.45, 7) is 6.92. The van der Waals surface area contributed by atoms with Crippen molar-refractivity contribution in [2.75, 3.05) is 30.3 Å². The molecule has 0 bridgehead atoms. The lowest BCUT2D eigenvalue weighted by Crippen LogP contribution is -2.43. The molecule has 174 valence electrons. The number of halogens is 1. The van der Waals surface area contributed by atoms with Crippen molar-refractivity contribution in [3.63, 3.8) is 0 Å². The van der Waals surface area contributed by atoms with Crippen molar-refractivity contribution < 1.29 is 9.50 Å². The maximum atomic E-state index is 13.5. The van der Waals surface area contributed by atoms with Crippen LogP contribution in [0.2, 0.25) is 0 Å². The molecule has 0 radical (unpaired) electrons. The molecule has 5 rings (SSSR count). The van der Waals surface area contributed by atoms with E-state index >= 15 is 0 Å². The normalized spacial score (nSPS) is 18.9. The van der Waals surface area contributed by atoms with Crippen LogP contribution in [0.3, 0.4) is 0 Å². The highest BCUT2D eigenvalue weighted by Gasteiger charge is 2.23. The van der Waals surface area contributed by atoms with Crippen LogP contribution in [0.25, 0.3) is 15.9 Å². The Kier molecular flexibility index (Phi) is 6.13. The summed E-state index contributed by atoms with van der Waals surface area (Å²) in [5.74, 6) is 1.72. The summed E-state index contributed by atoms with van der Waals surface area (Å²) in [5, 5.41) is 25.8. The SMILES string of the molecule is CC(C)c1cnn2c(NCc3nc4cc(F)ccc4s3)cc(NCC3CCNC[C@@H]3O)nc12. The summed E-state index contributed by atoms with van der Waals surface area (Å²) in [6.07, 6.45) is 2.42. The molecule has 0 amide bonds. The van der Waals surface area contributed by atoms with Crippen LogP contribution in [0.15, 0.2) is 30.5 Å². The standard InChI is InChI=1S/C23H28FN7OS/c1-13(2)16-10-28-31-21(27-12-22-29-17-7-15(24)3-4-19(17)33-22)8-20(30-23(16)31)26-9-14-5-6-25-11-18(14)32/h3-4,7-8,10,13-14,18,25,27,32H,5-6,9,11-12H2,1-2H3,(H,26,30)/t14?,18-/m0/s1. The second-order valence-corrected chi connectivity index (χ2v) is 9.91. The molecule has 1 unspecified atom stereocenters. The Balaban J connectivity index is 1.40. The molecule has 4 N–H and O–H groups in total. The third-order valence-corrected chi connectivity index (χ3v) is 7.11. The van der Waals surface area contributed by atoms with E-state index in [0.717, 1.165) is 45.5 Å². The van der Waals surface area contributed by atoms with Gasteiger partial charge in [0.25, 0.3) is 0 Å². The van der Waals surface area contributed by atoms with E-state index in [4.69, 9.17) is 4.98 Å². The fourth-order valence-corrected chi connectivity index (χ4v) is 5.05. The monoisotopic (exact) mass is 469 g/mol. The van der Waals surface area contributed by atoms with Crippen molar-refractivity contribution in [1.82, 2.24) is 24.9 Å². The summed E-state index contributed by atoms with van der Waals surface area (Å²) in [6, 6.07) is 6.61. The molecule has 1 saturated heterocycles. The molecule has 1 aliphatic rings. The van der Waals surface area contributed by atoms with Crippen molar-refractivity contribution in [2.45, 2.75) is 38.8 Å². The number of nitrogens with one attached hydrogen (secondary N) is 3. The van der Waals surface area contributed by atoms with Gasteiger partial charge in [-0.2, -0.15) is 9.61 Å². The van der Waals surface area contributed by atoms with E-state index in [1.807, 2.05) is 16.8 Å². The highest BCUT2D eigenvalue weighted by molar-refractivity contribution is 7.18. The molecule has 0 aliphatic carbocycles. The fraction of sp³-hybridized carbons (Fsp3) is 0.435. The van der Waals surface area contributed by atoms with Gasteiger partial charge in [0.05, 0.1) is 29.1 Å². The molecule has 1 aliphatic heterocycles. The summed E-state index contributed by atoms with van der Waals surface area (Å²) < 4.78 is 16.3. The van der Waals surface area contributed by atoms with Crippen LogP contribution in [-0.4, -0.2) is 50.4 Å². The van der Waals surface area contributed by atoms with E-state index in [1.165, 1.54) is 23.5 Å². The molecule has 1 aromatic carbocycles. The first kappa shape index (κ1) is 22.0. The van der Waals surface area contributed by atoms with Gasteiger partial charge in [-0.3, -0.25) is 0 Å². The van der Waals surface area contributed by atoms with E-state index in [2.05, 4.69) is 39.9 Å². The summed E-state index contributed by atoms with van der Waals surface area (Å²) in [7, 11) is 0. The molecule has 0 saturated carbocycles. The number of anilines is 2. The van der Waals surface area contributed by atoms with E-state index in [1.54, 1.807) is 6.07 Å². The quantitative estimate of drug-likeness (QED) is 0.328. The maximum absolute atomic E-state index is 13.5. The molecule has 8 nitrogen and oxygen atoms in total. The van der Waals surface area contributed by atoms with Gasteiger partial charge in [-0.1, -0.05) is 13.8 Å². The van der Waals surface area contributed by atoms with Crippen LogP contribution in [0.4, 0.5) is 16.0 Å². The Morgan fingerprint density at radius 3 is 2.97 bits per heavy atom. The van der Waals surface area contributed by atoms with Crippen LogP contribution >= 0.6 is 11.3 Å². The minimum Gasteiger partial charge on any atom is -0.391 e. The second-order valence-electron chi connectivity index (χ2n) is 8.79. The number of aliphatic hydroxyl groups is 1. The van der Waals surface area contributed by atoms with Crippen LogP contribution < -0.4 is 16.0 Å². The van der Waals surface area contributed by atoms with Crippen molar-refractivity contribution in [2.24, 2.45) is 5.92 Å². The zero-order valence-electron chi connectivity index (χ0n) is 18.7. The number of aromatic nitrogens is 4. The lowest BCUT2D eigenvalue weighted by molar-refractivity contribution is 0.0883. The predicted molar refractivity (Wildman–Crippen MR) is 129 cm³/mol. The third-order valence-electron chi connectivity index (χ3n) is 6.07. The maximum Gasteiger partial charge on any atom is 0.163 e. The lowest BCUT2D eigenvalue weighted by atomic mass is 9.95. The van der Waals surface area contributed by atoms with Crippen LogP contribution in [-0.2, 0) is 6.54 Å². The Labute approximate surface area is 195 Å². The number of nitrogens with zero attached hydrogens (tertiary/aromatic N) is 4. The van der Waals surface area contributed by atoms with Crippen LogP contribution in [0.1, 0.15) is 36.8 Å². The Morgan fingerprint density at radius 1 is 1.27 bits per heavy atom. The molecule has 3 aromatic heterocycles. The number of piperidine rings is 1. The number of hydrogen-bond donors (Lipinski definition) is 4. The molecule has 0 spiro atoms. The zero-order chi connectivity index (χ0) is 22.9. The second kappa shape index (κ2) is 9.20. The van der Waals surface area contributed by atoms with Gasteiger partial charge in [-0.05, 0) is 31.0 Å². The van der Waals surface area contributed by atoms with Crippen molar-refractivity contribution >= 4 is 38.8 Å². The number of hydrogen-bond acceptors (Lipinski definition) is 8. The Morgan fingerprint density at radius 2 is 2.15 bits per heavy atom. The number of thiazole rings is 1. The van der Waals surface area contributed by atoms with Gasteiger partial charge in [0, 0.05) is 36.7 Å². The Hall–Kier alpha value is -2.82. The summed E-state index contributed by atoms with van der Waals surface area (Å²) in [4.78, 5) is 9.38. The van der Waals surface area contributed by atoms with Gasteiger partial charge >= 0.3 is 0 Å². The van der Waals surface area contributed by atoms with Crippen molar-refractivity contribution in [3.05, 3.63) is 46.9 Å². The van der Waals surface area contributed by atoms with Gasteiger partial charge in [0.1, 0.15) is 22.5 Å². The smallest absolute Gasteiger partial charge is 0.163 e. The molecular formula is C23H28FN7OS. The minimum absolute atomic E-state index is 0.179. The number of benzene rings is 1. The average molecular weight is 470 g/mol. The number of aliphatic hydroxyl groups excluding tert-OH is 1. The molecule has 1 fully saturated rings. The zero-order valence-corrected chi connectivity index (χ0v) is 19.5. The first-order chi connectivity index (χ1) is 16.0. The molecule has 2 atom stereocenters. The molecular weight excluding hydrogens is 441 g/mol. The summed E-state index contributed by atoms with van der Waals surface area (Å²) in [5.41, 5.74) is 2.54. The molecule has 4 aromatic rings. The van der Waals surface area contributed by atoms with Crippen LogP contribution in [0.5, 0.6) is 0 Å². The van der Waals surface area contributed by atoms with E-state index in [-0.39, 0.29) is 23.8 Å². The van der Waals surface area contributed by atoms with E-state index in [9.17, 15) is 9.50 Å². The van der Waals surface area contributed by atoms with Gasteiger partial charge < -0.3 is 21.1 Å². The molecule has 33 heavy (non-hydrogen) atoms. The number of fused-ring (bicyclic) bond motifs is 2. The highest BCUT2D eigenvalue weighted by atomic mass is 32.1. The van der Waals surface area contributed by atoms with Gasteiger partial charge in [-0.25, -0.2) is 14.4 Å². The first-order valence-electron chi connectivity index (χ1n) is 11.3. The highest BCUT2D eigenvalue weighted by Crippen LogP contribution is 2.27. The third kappa shape index (κ3) is 4.64. The Bertz CT molecular complexity index is 1270. The van der Waals surface area contributed by atoms with Crippen molar-refractivity contribution in [3.8, 4) is 0 Å². The number of rotatable bonds is 7. The fourth-order valence-electron chi connectivity index (χ4n) is 4.16. The van der Waals surface area contributed by atoms with Crippen molar-refractivity contribution in [1.29, 1.82) is 0 Å². The minimum atomic E-state index is -0.363. The predicted octanol–water partition coefficient (Wildman–Crippen LogP) is 3.60. The van der Waals surface area contributed by atoms with Gasteiger partial charge in [0.2, 0.25) is 0 Å². The largest absolute Gasteiger partial charge is 0.391 e. The first-order valence-corrected chi connectivity index (χ1v) is 12.1. The summed E-state index contributed by atoms with van der Waals surface area (Å²) >= 11 is 1.54. The topological polar surface area (TPSA) is 99.4 Å².